The second-order valence-electron chi connectivity index (χ2n) is 5.08. The van der Waals surface area contributed by atoms with Gasteiger partial charge >= 0.3 is 0 Å². The summed E-state index contributed by atoms with van der Waals surface area (Å²) in [6, 6.07) is 8.21. The predicted octanol–water partition coefficient (Wildman–Crippen LogP) is 4.51. The molecule has 1 N–H and O–H groups in total. The van der Waals surface area contributed by atoms with Gasteiger partial charge in [-0.3, -0.25) is 0 Å². The molecule has 2 aromatic carbocycles. The molecule has 110 valence electrons. The first kappa shape index (κ1) is 14.5. The maximum Gasteiger partial charge on any atom is 0.137 e. The fourth-order valence-electron chi connectivity index (χ4n) is 2.00. The summed E-state index contributed by atoms with van der Waals surface area (Å²) in [5, 5.41) is 3.30. The van der Waals surface area contributed by atoms with Crippen LogP contribution >= 0.6 is 11.8 Å². The number of rotatable bonds is 5. The Morgan fingerprint density at radius 3 is 2.43 bits per heavy atom. The molecule has 1 aliphatic carbocycles. The smallest absolute Gasteiger partial charge is 0.137 e. The van der Waals surface area contributed by atoms with Crippen molar-refractivity contribution in [2.75, 3.05) is 0 Å². The molecule has 0 amide bonds. The summed E-state index contributed by atoms with van der Waals surface area (Å²) in [5.41, 5.74) is 0.760. The molecule has 0 saturated heterocycles. The molecule has 1 nitrogen and oxygen atoms in total. The largest absolute Gasteiger partial charge is 0.310 e. The molecule has 0 heterocycles. The van der Waals surface area contributed by atoms with Crippen molar-refractivity contribution < 1.29 is 13.2 Å². The number of benzene rings is 2. The zero-order valence-electron chi connectivity index (χ0n) is 11.2. The van der Waals surface area contributed by atoms with E-state index in [9.17, 15) is 13.2 Å². The van der Waals surface area contributed by atoms with Crippen LogP contribution in [0.5, 0.6) is 0 Å². The molecule has 5 heteroatoms. The Morgan fingerprint density at radius 2 is 1.67 bits per heavy atom. The van der Waals surface area contributed by atoms with E-state index in [2.05, 4.69) is 5.32 Å². The molecular formula is C16H14F3NS. The lowest BCUT2D eigenvalue weighted by Gasteiger charge is -2.11. The molecule has 1 fully saturated rings. The van der Waals surface area contributed by atoms with Crippen LogP contribution in [-0.2, 0) is 6.54 Å². The van der Waals surface area contributed by atoms with E-state index in [1.165, 1.54) is 12.1 Å². The van der Waals surface area contributed by atoms with Gasteiger partial charge in [-0.05, 0) is 54.8 Å². The molecule has 1 saturated carbocycles. The molecule has 0 radical (unpaired) electrons. The van der Waals surface area contributed by atoms with Crippen molar-refractivity contribution in [3.05, 3.63) is 59.4 Å². The number of hydrogen-bond donors (Lipinski definition) is 1. The van der Waals surface area contributed by atoms with Gasteiger partial charge in [0.15, 0.2) is 0 Å². The van der Waals surface area contributed by atoms with Crippen molar-refractivity contribution in [1.29, 1.82) is 0 Å². The van der Waals surface area contributed by atoms with Gasteiger partial charge in [-0.15, -0.1) is 0 Å². The zero-order chi connectivity index (χ0) is 14.8. The van der Waals surface area contributed by atoms with Gasteiger partial charge in [-0.1, -0.05) is 11.8 Å². The van der Waals surface area contributed by atoms with Crippen molar-refractivity contribution in [2.24, 2.45) is 0 Å². The lowest BCUT2D eigenvalue weighted by atomic mass is 10.2. The van der Waals surface area contributed by atoms with Gasteiger partial charge in [0.05, 0.1) is 4.90 Å². The maximum atomic E-state index is 13.7. The molecule has 0 bridgehead atoms. The summed E-state index contributed by atoms with van der Waals surface area (Å²) >= 11 is 1.11. The molecule has 0 unspecified atom stereocenters. The van der Waals surface area contributed by atoms with Gasteiger partial charge in [0.2, 0.25) is 0 Å². The Bertz CT molecular complexity index is 656. The highest BCUT2D eigenvalue weighted by Crippen LogP contribution is 2.33. The third-order valence-electron chi connectivity index (χ3n) is 3.29. The minimum atomic E-state index is -0.487. The Morgan fingerprint density at radius 1 is 0.952 bits per heavy atom. The highest BCUT2D eigenvalue weighted by Gasteiger charge is 2.21. The average molecular weight is 309 g/mol. The number of hydrogen-bond acceptors (Lipinski definition) is 2. The summed E-state index contributed by atoms with van der Waals surface area (Å²) < 4.78 is 40.3. The normalized spacial score (nSPS) is 14.4. The van der Waals surface area contributed by atoms with Crippen LogP contribution in [0.15, 0.2) is 46.2 Å². The quantitative estimate of drug-likeness (QED) is 0.872. The summed E-state index contributed by atoms with van der Waals surface area (Å²) in [5.74, 6) is -1.29. The molecule has 3 rings (SSSR count). The minimum absolute atomic E-state index is 0.203. The van der Waals surface area contributed by atoms with Crippen molar-refractivity contribution in [3.63, 3.8) is 0 Å². The molecule has 0 aromatic heterocycles. The van der Waals surface area contributed by atoms with Gasteiger partial charge in [0.1, 0.15) is 17.5 Å². The van der Waals surface area contributed by atoms with E-state index in [1.54, 1.807) is 6.07 Å². The second kappa shape index (κ2) is 6.12. The minimum Gasteiger partial charge on any atom is -0.310 e. The number of halogens is 3. The summed E-state index contributed by atoms with van der Waals surface area (Å²) in [7, 11) is 0. The Kier molecular flexibility index (Phi) is 4.22. The highest BCUT2D eigenvalue weighted by atomic mass is 32.2. The highest BCUT2D eigenvalue weighted by molar-refractivity contribution is 7.99. The van der Waals surface area contributed by atoms with E-state index in [0.29, 0.717) is 12.6 Å². The van der Waals surface area contributed by atoms with Gasteiger partial charge < -0.3 is 5.32 Å². The molecular weight excluding hydrogens is 295 g/mol. The summed E-state index contributed by atoms with van der Waals surface area (Å²) in [6.45, 7) is 0.529. The standard InChI is InChI=1S/C16H14F3NS/c17-11-2-6-15(10(7-11)9-20-13-3-4-13)21-16-8-12(18)1-5-14(16)19/h1-2,5-8,13,20H,3-4,9H2. The van der Waals surface area contributed by atoms with E-state index in [1.807, 2.05) is 0 Å². The third kappa shape index (κ3) is 3.80. The van der Waals surface area contributed by atoms with Gasteiger partial charge in [0.25, 0.3) is 0 Å². The zero-order valence-corrected chi connectivity index (χ0v) is 12.0. The van der Waals surface area contributed by atoms with E-state index in [0.717, 1.165) is 53.3 Å². The lowest BCUT2D eigenvalue weighted by molar-refractivity contribution is 0.577. The van der Waals surface area contributed by atoms with E-state index in [4.69, 9.17) is 0 Å². The molecule has 0 spiro atoms. The summed E-state index contributed by atoms with van der Waals surface area (Å²) in [4.78, 5) is 0.934. The van der Waals surface area contributed by atoms with Crippen molar-refractivity contribution in [2.45, 2.75) is 35.2 Å². The second-order valence-corrected chi connectivity index (χ2v) is 6.17. The molecule has 2 aromatic rings. The van der Waals surface area contributed by atoms with E-state index < -0.39 is 11.6 Å². The van der Waals surface area contributed by atoms with E-state index in [-0.39, 0.29) is 10.7 Å². The van der Waals surface area contributed by atoms with Gasteiger partial charge in [0, 0.05) is 17.5 Å². The fraction of sp³-hybridized carbons (Fsp3) is 0.250. The van der Waals surface area contributed by atoms with Crippen LogP contribution in [0.4, 0.5) is 13.2 Å². The lowest BCUT2D eigenvalue weighted by Crippen LogP contribution is -2.16. The third-order valence-corrected chi connectivity index (χ3v) is 4.45. The maximum absolute atomic E-state index is 13.7. The predicted molar refractivity (Wildman–Crippen MR) is 76.7 cm³/mol. The van der Waals surface area contributed by atoms with Crippen LogP contribution < -0.4 is 5.32 Å². The van der Waals surface area contributed by atoms with Crippen LogP contribution in [0.1, 0.15) is 18.4 Å². The molecule has 21 heavy (non-hydrogen) atoms. The molecule has 0 atom stereocenters. The first-order valence-electron chi connectivity index (χ1n) is 6.76. The SMILES string of the molecule is Fc1ccc(Sc2cc(F)ccc2F)c(CNC2CC2)c1. The average Bonchev–Trinajstić information content (AvgIpc) is 3.27. The van der Waals surface area contributed by atoms with Crippen molar-refractivity contribution in [3.8, 4) is 0 Å². The molecule has 0 aliphatic heterocycles. The van der Waals surface area contributed by atoms with Crippen LogP contribution in [0.2, 0.25) is 0 Å². The Labute approximate surface area is 125 Å². The van der Waals surface area contributed by atoms with Crippen LogP contribution in [-0.4, -0.2) is 6.04 Å². The monoisotopic (exact) mass is 309 g/mol. The first-order chi connectivity index (χ1) is 10.1. The van der Waals surface area contributed by atoms with Gasteiger partial charge in [-0.2, -0.15) is 0 Å². The van der Waals surface area contributed by atoms with Crippen molar-refractivity contribution in [1.82, 2.24) is 5.32 Å². The van der Waals surface area contributed by atoms with Crippen LogP contribution in [0.3, 0.4) is 0 Å². The van der Waals surface area contributed by atoms with Crippen LogP contribution in [0, 0.1) is 17.5 Å². The van der Waals surface area contributed by atoms with Gasteiger partial charge in [-0.25, -0.2) is 13.2 Å². The van der Waals surface area contributed by atoms with Crippen molar-refractivity contribution >= 4 is 11.8 Å². The Hall–Kier alpha value is -1.46. The number of nitrogens with one attached hydrogen (secondary N) is 1. The summed E-state index contributed by atoms with van der Waals surface area (Å²) in [6.07, 6.45) is 2.27. The van der Waals surface area contributed by atoms with E-state index >= 15 is 0 Å². The first-order valence-corrected chi connectivity index (χ1v) is 7.58. The molecule has 1 aliphatic rings. The fourth-order valence-corrected chi connectivity index (χ4v) is 2.97. The van der Waals surface area contributed by atoms with Crippen LogP contribution in [0.25, 0.3) is 0 Å². The topological polar surface area (TPSA) is 12.0 Å². The Balaban J connectivity index is 1.84.